The molecule has 1 aliphatic heterocycles. The topological polar surface area (TPSA) is 56.8 Å². The second kappa shape index (κ2) is 7.56. The molecule has 1 aromatic heterocycles. The van der Waals surface area contributed by atoms with E-state index < -0.39 is 0 Å². The minimum Gasteiger partial charge on any atom is -0.496 e. The van der Waals surface area contributed by atoms with Crippen LogP contribution < -0.4 is 19.5 Å². The van der Waals surface area contributed by atoms with Crippen molar-refractivity contribution in [1.82, 2.24) is 0 Å². The first-order chi connectivity index (χ1) is 13.7. The molecule has 0 radical (unpaired) electrons. The van der Waals surface area contributed by atoms with E-state index >= 15 is 0 Å². The van der Waals surface area contributed by atoms with Gasteiger partial charge in [0.25, 0.3) is 0 Å². The Kier molecular flexibility index (Phi) is 4.96. The number of hydrogen-bond acceptors (Lipinski definition) is 5. The Morgan fingerprint density at radius 2 is 1.68 bits per heavy atom. The van der Waals surface area contributed by atoms with E-state index in [1.165, 1.54) is 0 Å². The van der Waals surface area contributed by atoms with Crippen LogP contribution in [0.3, 0.4) is 0 Å². The average molecular weight is 395 g/mol. The van der Waals surface area contributed by atoms with Gasteiger partial charge in [0, 0.05) is 39.3 Å². The predicted octanol–water partition coefficient (Wildman–Crippen LogP) is 4.92. The second-order valence-corrected chi connectivity index (χ2v) is 7.39. The number of para-hydroxylation sites is 2. The van der Waals surface area contributed by atoms with E-state index in [4.69, 9.17) is 14.2 Å². The maximum Gasteiger partial charge on any atom is 0.225 e. The summed E-state index contributed by atoms with van der Waals surface area (Å²) >= 11 is 1.64. The molecule has 6 heteroatoms. The summed E-state index contributed by atoms with van der Waals surface area (Å²) in [6.45, 7) is 0. The van der Waals surface area contributed by atoms with E-state index in [9.17, 15) is 4.79 Å². The largest absolute Gasteiger partial charge is 0.496 e. The van der Waals surface area contributed by atoms with Gasteiger partial charge in [-0.25, -0.2) is 0 Å². The summed E-state index contributed by atoms with van der Waals surface area (Å²) in [4.78, 5) is 13.7. The fourth-order valence-corrected chi connectivity index (χ4v) is 4.87. The molecule has 3 aromatic rings. The van der Waals surface area contributed by atoms with Gasteiger partial charge >= 0.3 is 0 Å². The first kappa shape index (κ1) is 18.4. The van der Waals surface area contributed by atoms with Gasteiger partial charge in [0.2, 0.25) is 5.91 Å². The summed E-state index contributed by atoms with van der Waals surface area (Å²) in [6.07, 6.45) is 0.363. The highest BCUT2D eigenvalue weighted by atomic mass is 32.1. The third-order valence-electron chi connectivity index (χ3n) is 5.00. The summed E-state index contributed by atoms with van der Waals surface area (Å²) < 4.78 is 16.6. The lowest BCUT2D eigenvalue weighted by Gasteiger charge is -2.26. The molecule has 0 bridgehead atoms. The molecule has 1 N–H and O–H groups in total. The quantitative estimate of drug-likeness (QED) is 0.667. The van der Waals surface area contributed by atoms with Crippen LogP contribution in [0, 0.1) is 0 Å². The van der Waals surface area contributed by atoms with E-state index in [0.717, 1.165) is 33.0 Å². The van der Waals surface area contributed by atoms with Gasteiger partial charge in [0.1, 0.15) is 5.75 Å². The zero-order chi connectivity index (χ0) is 19.7. The highest BCUT2D eigenvalue weighted by Gasteiger charge is 2.33. The van der Waals surface area contributed by atoms with Crippen LogP contribution >= 0.6 is 11.3 Å². The number of ether oxygens (including phenoxy) is 3. The number of fused-ring (bicyclic) bond motifs is 1. The van der Waals surface area contributed by atoms with Crippen molar-refractivity contribution in [3.8, 4) is 28.4 Å². The van der Waals surface area contributed by atoms with Crippen LogP contribution in [0.1, 0.15) is 22.8 Å². The van der Waals surface area contributed by atoms with Crippen molar-refractivity contribution in [3.63, 3.8) is 0 Å². The minimum atomic E-state index is -0.0951. The highest BCUT2D eigenvalue weighted by Crippen LogP contribution is 2.50. The lowest BCUT2D eigenvalue weighted by Crippen LogP contribution is -2.22. The molecule has 1 amide bonds. The first-order valence-electron chi connectivity index (χ1n) is 8.93. The molecule has 0 aliphatic carbocycles. The summed E-state index contributed by atoms with van der Waals surface area (Å²) in [5, 5.41) is 5.15. The summed E-state index contributed by atoms with van der Waals surface area (Å²) in [5.74, 6) is 1.99. The third kappa shape index (κ3) is 2.99. The molecule has 1 atom stereocenters. The van der Waals surface area contributed by atoms with Gasteiger partial charge in [0.05, 0.1) is 27.0 Å². The normalized spacial score (nSPS) is 15.5. The molecule has 28 heavy (non-hydrogen) atoms. The van der Waals surface area contributed by atoms with Gasteiger partial charge in [-0.05, 0) is 12.1 Å². The number of amides is 1. The number of methoxy groups -OCH3 is 3. The second-order valence-electron chi connectivity index (χ2n) is 6.48. The molecule has 0 spiro atoms. The fourth-order valence-electron chi connectivity index (χ4n) is 3.73. The third-order valence-corrected chi connectivity index (χ3v) is 6.09. The standard InChI is InChI=1S/C22H21NO4S/c1-25-17-9-5-4-7-13(17)16-12-28-22-15(11-19(24)23-20(16)22)14-8-6-10-18(26-2)21(14)27-3/h4-10,12,15H,11H2,1-3H3,(H,23,24)/t15-/m1/s1. The average Bonchev–Trinajstić information content (AvgIpc) is 3.15. The monoisotopic (exact) mass is 395 g/mol. The van der Waals surface area contributed by atoms with Crippen LogP contribution in [0.5, 0.6) is 17.2 Å². The van der Waals surface area contributed by atoms with Crippen LogP contribution in [0.2, 0.25) is 0 Å². The Bertz CT molecular complexity index is 1030. The molecule has 4 rings (SSSR count). The van der Waals surface area contributed by atoms with E-state index in [1.807, 2.05) is 42.5 Å². The zero-order valence-corrected chi connectivity index (χ0v) is 16.8. The van der Waals surface area contributed by atoms with Gasteiger partial charge in [-0.2, -0.15) is 0 Å². The van der Waals surface area contributed by atoms with Crippen LogP contribution in [-0.2, 0) is 4.79 Å². The van der Waals surface area contributed by atoms with Crippen LogP contribution in [0.4, 0.5) is 5.69 Å². The molecule has 144 valence electrons. The number of anilines is 1. The molecule has 2 aromatic carbocycles. The Labute approximate surface area is 167 Å². The number of hydrogen-bond donors (Lipinski definition) is 1. The van der Waals surface area contributed by atoms with Crippen molar-refractivity contribution < 1.29 is 19.0 Å². The molecule has 1 aliphatic rings. The maximum atomic E-state index is 12.6. The number of rotatable bonds is 5. The number of benzene rings is 2. The Balaban J connectivity index is 1.87. The number of thiophene rings is 1. The Morgan fingerprint density at radius 3 is 2.43 bits per heavy atom. The SMILES string of the molecule is COc1ccccc1-c1csc2c1NC(=O)C[C@@H]2c1cccc(OC)c1OC. The molecule has 2 heterocycles. The van der Waals surface area contributed by atoms with Gasteiger partial charge < -0.3 is 19.5 Å². The minimum absolute atomic E-state index is 0.0167. The molecular formula is C22H21NO4S. The maximum absolute atomic E-state index is 12.6. The van der Waals surface area contributed by atoms with Crippen molar-refractivity contribution in [3.05, 3.63) is 58.3 Å². The Hall–Kier alpha value is -2.99. The number of nitrogens with one attached hydrogen (secondary N) is 1. The van der Waals surface area contributed by atoms with E-state index in [2.05, 4.69) is 10.7 Å². The van der Waals surface area contributed by atoms with Crippen molar-refractivity contribution in [2.24, 2.45) is 0 Å². The molecule has 0 saturated heterocycles. The van der Waals surface area contributed by atoms with Crippen molar-refractivity contribution in [2.75, 3.05) is 26.6 Å². The van der Waals surface area contributed by atoms with Crippen LogP contribution in [-0.4, -0.2) is 27.2 Å². The smallest absolute Gasteiger partial charge is 0.225 e. The van der Waals surface area contributed by atoms with E-state index in [1.54, 1.807) is 32.7 Å². The first-order valence-corrected chi connectivity index (χ1v) is 9.81. The molecule has 0 fully saturated rings. The summed E-state index contributed by atoms with van der Waals surface area (Å²) in [6, 6.07) is 13.6. The van der Waals surface area contributed by atoms with Gasteiger partial charge in [0.15, 0.2) is 11.5 Å². The van der Waals surface area contributed by atoms with Crippen molar-refractivity contribution in [1.29, 1.82) is 0 Å². The highest BCUT2D eigenvalue weighted by molar-refractivity contribution is 7.11. The summed E-state index contributed by atoms with van der Waals surface area (Å²) in [7, 11) is 4.89. The lowest BCUT2D eigenvalue weighted by atomic mass is 9.88. The molecular weight excluding hydrogens is 374 g/mol. The van der Waals surface area contributed by atoms with E-state index in [0.29, 0.717) is 17.9 Å². The van der Waals surface area contributed by atoms with Crippen molar-refractivity contribution in [2.45, 2.75) is 12.3 Å². The Morgan fingerprint density at radius 1 is 0.929 bits per heavy atom. The lowest BCUT2D eigenvalue weighted by molar-refractivity contribution is -0.116. The fraction of sp³-hybridized carbons (Fsp3) is 0.227. The van der Waals surface area contributed by atoms with E-state index in [-0.39, 0.29) is 11.8 Å². The van der Waals surface area contributed by atoms with Gasteiger partial charge in [-0.1, -0.05) is 30.3 Å². The molecule has 5 nitrogen and oxygen atoms in total. The van der Waals surface area contributed by atoms with Crippen LogP contribution in [0.25, 0.3) is 11.1 Å². The number of carbonyl (C=O) groups excluding carboxylic acids is 1. The van der Waals surface area contributed by atoms with Gasteiger partial charge in [-0.3, -0.25) is 4.79 Å². The molecule has 0 unspecified atom stereocenters. The zero-order valence-electron chi connectivity index (χ0n) is 15.9. The number of carbonyl (C=O) groups is 1. The van der Waals surface area contributed by atoms with Gasteiger partial charge in [-0.15, -0.1) is 11.3 Å². The molecule has 0 saturated carbocycles. The van der Waals surface area contributed by atoms with Crippen LogP contribution in [0.15, 0.2) is 47.8 Å². The van der Waals surface area contributed by atoms with Crippen molar-refractivity contribution >= 4 is 22.9 Å². The summed E-state index contributed by atoms with van der Waals surface area (Å²) in [5.41, 5.74) is 3.73. The predicted molar refractivity (Wildman–Crippen MR) is 111 cm³/mol.